The highest BCUT2D eigenvalue weighted by molar-refractivity contribution is 6.89. The fraction of sp³-hybridized carbons (Fsp3) is 0.667. The minimum absolute atomic E-state index is 0.844. The van der Waals surface area contributed by atoms with E-state index >= 15 is 0 Å². The predicted molar refractivity (Wildman–Crippen MR) is 99.1 cm³/mol. The molecule has 0 aliphatic carbocycles. The van der Waals surface area contributed by atoms with Crippen LogP contribution in [0.1, 0.15) is 25.7 Å². The average Bonchev–Trinajstić information content (AvgIpc) is 2.52. The molecule has 1 aliphatic heterocycles. The molecule has 0 spiro atoms. The van der Waals surface area contributed by atoms with Crippen LogP contribution in [0.25, 0.3) is 0 Å². The lowest BCUT2D eigenvalue weighted by molar-refractivity contribution is 0.0371. The van der Waals surface area contributed by atoms with Gasteiger partial charge in [0.05, 0.1) is 21.3 Å². The van der Waals surface area contributed by atoms with E-state index in [-0.39, 0.29) is 0 Å². The van der Waals surface area contributed by atoms with Gasteiger partial charge in [0.1, 0.15) is 0 Å². The molecule has 1 heterocycles. The van der Waals surface area contributed by atoms with E-state index in [0.717, 1.165) is 31.3 Å². The predicted octanol–water partition coefficient (Wildman–Crippen LogP) is 4.15. The van der Waals surface area contributed by atoms with E-state index in [0.29, 0.717) is 0 Å². The Morgan fingerprint density at radius 1 is 1.00 bits per heavy atom. The second-order valence-electron chi connectivity index (χ2n) is 7.01. The highest BCUT2D eigenvalue weighted by Crippen LogP contribution is 2.17. The Labute approximate surface area is 141 Å². The third-order valence-corrected chi connectivity index (χ3v) is 8.51. The molecular weight excluding hydrogens is 310 g/mol. The second kappa shape index (κ2) is 9.07. The third kappa shape index (κ3) is 6.03. The molecule has 2 nitrogen and oxygen atoms in total. The smallest absolute Gasteiger partial charge is 0.0806 e. The lowest BCUT2D eigenvalue weighted by atomic mass is 10.2. The lowest BCUT2D eigenvalue weighted by Crippen LogP contribution is -2.40. The van der Waals surface area contributed by atoms with E-state index in [1.165, 1.54) is 43.5 Å². The monoisotopic (exact) mass is 339 g/mol. The van der Waals surface area contributed by atoms with Crippen LogP contribution in [0.3, 0.4) is 0 Å². The minimum atomic E-state index is -1.28. The molecule has 1 aliphatic rings. The molecule has 0 atom stereocenters. The minimum Gasteiger partial charge on any atom is -0.379 e. The summed E-state index contributed by atoms with van der Waals surface area (Å²) in [5.74, 6) is 0. The standard InChI is InChI=1S/C18H30ClNOSi/c1-22(2,18-9-7-17(19)8-10-18)16-6-4-3-5-11-20-12-14-21-15-13-20/h7-10H,3-6,11-16H2,1-2H3. The number of benzene rings is 1. The molecule has 0 N–H and O–H groups in total. The van der Waals surface area contributed by atoms with Gasteiger partial charge in [-0.15, -0.1) is 0 Å². The maximum absolute atomic E-state index is 5.99. The zero-order valence-corrected chi connectivity index (χ0v) is 15.9. The maximum Gasteiger partial charge on any atom is 0.0806 e. The van der Waals surface area contributed by atoms with Gasteiger partial charge in [0, 0.05) is 18.1 Å². The quantitative estimate of drug-likeness (QED) is 0.521. The number of hydrogen-bond donors (Lipinski definition) is 0. The van der Waals surface area contributed by atoms with Crippen molar-refractivity contribution in [2.75, 3.05) is 32.8 Å². The van der Waals surface area contributed by atoms with Crippen LogP contribution in [0.5, 0.6) is 0 Å². The van der Waals surface area contributed by atoms with Crippen molar-refractivity contribution in [3.8, 4) is 0 Å². The van der Waals surface area contributed by atoms with Gasteiger partial charge in [-0.2, -0.15) is 0 Å². The Balaban J connectivity index is 1.60. The van der Waals surface area contributed by atoms with Gasteiger partial charge in [-0.05, 0) is 25.1 Å². The molecule has 124 valence electrons. The largest absolute Gasteiger partial charge is 0.379 e. The number of nitrogens with zero attached hydrogens (tertiary/aromatic N) is 1. The van der Waals surface area contributed by atoms with Crippen LogP contribution in [0, 0.1) is 0 Å². The van der Waals surface area contributed by atoms with Gasteiger partial charge in [-0.3, -0.25) is 4.90 Å². The van der Waals surface area contributed by atoms with Crippen LogP contribution >= 0.6 is 11.6 Å². The summed E-state index contributed by atoms with van der Waals surface area (Å²) in [5.41, 5.74) is 0. The van der Waals surface area contributed by atoms with E-state index in [4.69, 9.17) is 16.3 Å². The van der Waals surface area contributed by atoms with Crippen molar-refractivity contribution in [2.24, 2.45) is 0 Å². The van der Waals surface area contributed by atoms with Crippen LogP contribution in [0.4, 0.5) is 0 Å². The van der Waals surface area contributed by atoms with E-state index in [9.17, 15) is 0 Å². The van der Waals surface area contributed by atoms with Crippen molar-refractivity contribution in [1.82, 2.24) is 4.90 Å². The van der Waals surface area contributed by atoms with Crippen LogP contribution < -0.4 is 5.19 Å². The number of rotatable bonds is 8. The number of hydrogen-bond acceptors (Lipinski definition) is 2. The summed E-state index contributed by atoms with van der Waals surface area (Å²) in [4.78, 5) is 2.54. The van der Waals surface area contributed by atoms with Gasteiger partial charge in [0.15, 0.2) is 0 Å². The van der Waals surface area contributed by atoms with Crippen LogP contribution in [0.2, 0.25) is 24.2 Å². The Bertz CT molecular complexity index is 429. The molecule has 0 unspecified atom stereocenters. The molecule has 1 aromatic rings. The fourth-order valence-electron chi connectivity index (χ4n) is 3.13. The van der Waals surface area contributed by atoms with Gasteiger partial charge < -0.3 is 4.74 Å². The Hall–Kier alpha value is -0.353. The lowest BCUT2D eigenvalue weighted by Gasteiger charge is -2.26. The summed E-state index contributed by atoms with van der Waals surface area (Å²) in [6.07, 6.45) is 5.44. The molecule has 0 saturated carbocycles. The van der Waals surface area contributed by atoms with Gasteiger partial charge in [-0.1, -0.05) is 67.3 Å². The number of morpholine rings is 1. The summed E-state index contributed by atoms with van der Waals surface area (Å²) in [6, 6.07) is 9.91. The molecule has 1 aromatic carbocycles. The number of ether oxygens (including phenoxy) is 1. The zero-order valence-electron chi connectivity index (χ0n) is 14.1. The van der Waals surface area contributed by atoms with Gasteiger partial charge in [0.2, 0.25) is 0 Å². The number of unbranched alkanes of at least 4 members (excludes halogenated alkanes) is 3. The topological polar surface area (TPSA) is 12.5 Å². The van der Waals surface area contributed by atoms with Crippen molar-refractivity contribution in [2.45, 2.75) is 44.8 Å². The van der Waals surface area contributed by atoms with E-state index in [1.807, 2.05) is 12.1 Å². The highest BCUT2D eigenvalue weighted by atomic mass is 35.5. The average molecular weight is 340 g/mol. The van der Waals surface area contributed by atoms with Crippen molar-refractivity contribution < 1.29 is 4.74 Å². The maximum atomic E-state index is 5.99. The normalized spacial score (nSPS) is 16.9. The first-order valence-corrected chi connectivity index (χ1v) is 12.2. The van der Waals surface area contributed by atoms with Crippen molar-refractivity contribution >= 4 is 24.9 Å². The molecule has 0 amide bonds. The first-order chi connectivity index (χ1) is 10.6. The molecule has 0 radical (unpaired) electrons. The van der Waals surface area contributed by atoms with Gasteiger partial charge in [-0.25, -0.2) is 0 Å². The molecule has 22 heavy (non-hydrogen) atoms. The summed E-state index contributed by atoms with van der Waals surface area (Å²) >= 11 is 5.99. The molecule has 0 aromatic heterocycles. The van der Waals surface area contributed by atoms with E-state index in [2.05, 4.69) is 30.1 Å². The SMILES string of the molecule is C[Si](C)(CCCCCCN1CCOCC1)c1ccc(Cl)cc1. The van der Waals surface area contributed by atoms with E-state index < -0.39 is 8.07 Å². The highest BCUT2D eigenvalue weighted by Gasteiger charge is 2.22. The van der Waals surface area contributed by atoms with E-state index in [1.54, 1.807) is 0 Å². The molecule has 1 saturated heterocycles. The number of halogens is 1. The molecule has 0 bridgehead atoms. The van der Waals surface area contributed by atoms with Crippen molar-refractivity contribution in [3.05, 3.63) is 29.3 Å². The van der Waals surface area contributed by atoms with Gasteiger partial charge in [0.25, 0.3) is 0 Å². The molecule has 1 fully saturated rings. The van der Waals surface area contributed by atoms with Crippen molar-refractivity contribution in [3.63, 3.8) is 0 Å². The van der Waals surface area contributed by atoms with Crippen LogP contribution in [-0.2, 0) is 4.74 Å². The Kier molecular flexibility index (Phi) is 7.42. The first kappa shape index (κ1) is 18.0. The van der Waals surface area contributed by atoms with Gasteiger partial charge >= 0.3 is 0 Å². The summed E-state index contributed by atoms with van der Waals surface area (Å²) in [6.45, 7) is 10.3. The van der Waals surface area contributed by atoms with Crippen LogP contribution in [0.15, 0.2) is 24.3 Å². The van der Waals surface area contributed by atoms with Crippen molar-refractivity contribution in [1.29, 1.82) is 0 Å². The molecule has 2 rings (SSSR count). The zero-order chi connectivity index (χ0) is 15.8. The Morgan fingerprint density at radius 2 is 1.64 bits per heavy atom. The summed E-state index contributed by atoms with van der Waals surface area (Å²) in [5, 5.41) is 2.38. The molecular formula is C18H30ClNOSi. The first-order valence-electron chi connectivity index (χ1n) is 8.64. The third-order valence-electron chi connectivity index (χ3n) is 4.76. The summed E-state index contributed by atoms with van der Waals surface area (Å²) in [7, 11) is -1.28. The van der Waals surface area contributed by atoms with Crippen LogP contribution in [-0.4, -0.2) is 45.8 Å². The Morgan fingerprint density at radius 3 is 2.32 bits per heavy atom. The fourth-order valence-corrected chi connectivity index (χ4v) is 5.74. The summed E-state index contributed by atoms with van der Waals surface area (Å²) < 4.78 is 5.39. The molecule has 4 heteroatoms. The second-order valence-corrected chi connectivity index (χ2v) is 12.3.